The van der Waals surface area contributed by atoms with Gasteiger partial charge in [0.1, 0.15) is 0 Å². The first-order chi connectivity index (χ1) is 11.7. The number of carbonyl (C=O) groups is 1. The van der Waals surface area contributed by atoms with Crippen LogP contribution in [0.1, 0.15) is 54.1 Å². The lowest BCUT2D eigenvalue weighted by Crippen LogP contribution is -2.37. The van der Waals surface area contributed by atoms with Crippen LogP contribution in [0.5, 0.6) is 0 Å². The van der Waals surface area contributed by atoms with Crippen molar-refractivity contribution < 1.29 is 4.79 Å². The third-order valence-electron chi connectivity index (χ3n) is 4.62. The number of nitrogens with one attached hydrogen (secondary N) is 1. The molecule has 2 nitrogen and oxygen atoms in total. The van der Waals surface area contributed by atoms with Gasteiger partial charge in [0, 0.05) is 22.7 Å². The molecule has 0 unspecified atom stereocenters. The molecule has 0 aliphatic heterocycles. The Bertz CT molecular complexity index is 729. The maximum atomic E-state index is 12.3. The predicted molar refractivity (Wildman–Crippen MR) is 97.8 cm³/mol. The topological polar surface area (TPSA) is 29.1 Å². The molecule has 1 N–H and O–H groups in total. The maximum absolute atomic E-state index is 12.3. The van der Waals surface area contributed by atoms with Crippen molar-refractivity contribution in [3.8, 4) is 11.8 Å². The first-order valence-corrected chi connectivity index (χ1v) is 8.69. The Morgan fingerprint density at radius 3 is 2.08 bits per heavy atom. The summed E-state index contributed by atoms with van der Waals surface area (Å²) in [5.41, 5.74) is 2.62. The zero-order valence-corrected chi connectivity index (χ0v) is 14.1. The third-order valence-corrected chi connectivity index (χ3v) is 4.62. The molecule has 24 heavy (non-hydrogen) atoms. The monoisotopic (exact) mass is 317 g/mol. The molecular weight excluding hydrogens is 294 g/mol. The quantitative estimate of drug-likeness (QED) is 0.818. The summed E-state index contributed by atoms with van der Waals surface area (Å²) in [5, 5.41) is 3.16. The van der Waals surface area contributed by atoms with E-state index < -0.39 is 0 Å². The number of benzene rings is 2. The Morgan fingerprint density at radius 2 is 1.46 bits per heavy atom. The molecule has 0 radical (unpaired) electrons. The first kappa shape index (κ1) is 16.3. The lowest BCUT2D eigenvalue weighted by molar-refractivity contribution is 0.0923. The second kappa shape index (κ2) is 7.84. The lowest BCUT2D eigenvalue weighted by atomic mass is 9.87. The highest BCUT2D eigenvalue weighted by atomic mass is 16.1. The summed E-state index contributed by atoms with van der Waals surface area (Å²) in [7, 11) is 0. The molecule has 1 amide bonds. The third kappa shape index (κ3) is 4.49. The van der Waals surface area contributed by atoms with Crippen LogP contribution in [-0.4, -0.2) is 11.9 Å². The minimum atomic E-state index is 0.0251. The van der Waals surface area contributed by atoms with Crippen molar-refractivity contribution in [3.05, 3.63) is 71.3 Å². The van der Waals surface area contributed by atoms with Crippen molar-refractivity contribution >= 4 is 5.91 Å². The molecule has 2 aromatic rings. The van der Waals surface area contributed by atoms with Crippen LogP contribution >= 0.6 is 0 Å². The SMILES string of the molecule is CC1CCC(NC(=O)c2ccc(C#Cc3ccccc3)cc2)CC1. The smallest absolute Gasteiger partial charge is 0.251 e. The molecule has 2 aromatic carbocycles. The Kier molecular flexibility index (Phi) is 5.33. The fourth-order valence-electron chi connectivity index (χ4n) is 3.04. The van der Waals surface area contributed by atoms with E-state index in [-0.39, 0.29) is 5.91 Å². The van der Waals surface area contributed by atoms with Gasteiger partial charge in [-0.1, -0.05) is 37.0 Å². The van der Waals surface area contributed by atoms with Crippen molar-refractivity contribution in [3.63, 3.8) is 0 Å². The van der Waals surface area contributed by atoms with E-state index in [2.05, 4.69) is 24.1 Å². The molecule has 0 aromatic heterocycles. The van der Waals surface area contributed by atoms with Gasteiger partial charge < -0.3 is 5.32 Å². The van der Waals surface area contributed by atoms with Gasteiger partial charge in [-0.05, 0) is 68.0 Å². The average Bonchev–Trinajstić information content (AvgIpc) is 2.63. The van der Waals surface area contributed by atoms with E-state index in [9.17, 15) is 4.79 Å². The molecule has 0 bridgehead atoms. The van der Waals surface area contributed by atoms with Gasteiger partial charge in [-0.15, -0.1) is 0 Å². The van der Waals surface area contributed by atoms with Gasteiger partial charge in [-0.25, -0.2) is 0 Å². The van der Waals surface area contributed by atoms with E-state index in [1.54, 1.807) is 0 Å². The Hall–Kier alpha value is -2.53. The Morgan fingerprint density at radius 1 is 0.875 bits per heavy atom. The highest BCUT2D eigenvalue weighted by Gasteiger charge is 2.20. The number of carbonyl (C=O) groups excluding carboxylic acids is 1. The molecule has 1 fully saturated rings. The summed E-state index contributed by atoms with van der Waals surface area (Å²) >= 11 is 0. The van der Waals surface area contributed by atoms with Gasteiger partial charge >= 0.3 is 0 Å². The second-order valence-electron chi connectivity index (χ2n) is 6.62. The molecule has 0 spiro atoms. The Labute approximate surface area is 144 Å². The fourth-order valence-corrected chi connectivity index (χ4v) is 3.04. The molecule has 0 atom stereocenters. The summed E-state index contributed by atoms with van der Waals surface area (Å²) in [5.74, 6) is 7.08. The average molecular weight is 317 g/mol. The van der Waals surface area contributed by atoms with E-state index in [1.165, 1.54) is 12.8 Å². The van der Waals surface area contributed by atoms with Crippen LogP contribution in [0.15, 0.2) is 54.6 Å². The van der Waals surface area contributed by atoms with Crippen LogP contribution in [0, 0.1) is 17.8 Å². The summed E-state index contributed by atoms with van der Waals surface area (Å²) < 4.78 is 0. The van der Waals surface area contributed by atoms with Crippen LogP contribution in [-0.2, 0) is 0 Å². The van der Waals surface area contributed by atoms with Gasteiger partial charge in [0.15, 0.2) is 0 Å². The van der Waals surface area contributed by atoms with E-state index in [1.807, 2.05) is 54.6 Å². The van der Waals surface area contributed by atoms with Crippen molar-refractivity contribution in [2.45, 2.75) is 38.6 Å². The van der Waals surface area contributed by atoms with Gasteiger partial charge in [0.05, 0.1) is 0 Å². The highest BCUT2D eigenvalue weighted by Crippen LogP contribution is 2.23. The molecule has 1 aliphatic carbocycles. The Balaban J connectivity index is 1.60. The van der Waals surface area contributed by atoms with E-state index >= 15 is 0 Å². The van der Waals surface area contributed by atoms with E-state index in [4.69, 9.17) is 0 Å². The maximum Gasteiger partial charge on any atom is 0.251 e. The molecule has 2 heteroatoms. The van der Waals surface area contributed by atoms with Gasteiger partial charge in [-0.2, -0.15) is 0 Å². The normalized spacial score (nSPS) is 19.9. The molecule has 0 heterocycles. The van der Waals surface area contributed by atoms with Gasteiger partial charge in [0.2, 0.25) is 0 Å². The molecule has 122 valence electrons. The van der Waals surface area contributed by atoms with E-state index in [0.717, 1.165) is 29.9 Å². The second-order valence-corrected chi connectivity index (χ2v) is 6.62. The minimum absolute atomic E-state index is 0.0251. The van der Waals surface area contributed by atoms with Gasteiger partial charge in [-0.3, -0.25) is 4.79 Å². The summed E-state index contributed by atoms with van der Waals surface area (Å²) in [6.07, 6.45) is 4.60. The lowest BCUT2D eigenvalue weighted by Gasteiger charge is -2.26. The van der Waals surface area contributed by atoms with Crippen LogP contribution < -0.4 is 5.32 Å². The summed E-state index contributed by atoms with van der Waals surface area (Å²) in [6.45, 7) is 2.28. The van der Waals surface area contributed by atoms with Crippen LogP contribution in [0.4, 0.5) is 0 Å². The summed E-state index contributed by atoms with van der Waals surface area (Å²) in [6, 6.07) is 17.8. The molecule has 1 saturated carbocycles. The zero-order chi connectivity index (χ0) is 16.8. The standard InChI is InChI=1S/C22H23NO/c1-17-7-15-21(16-8-17)23-22(24)20-13-11-19(12-14-20)10-9-18-5-3-2-4-6-18/h2-6,11-14,17,21H,7-8,15-16H2,1H3,(H,23,24). The summed E-state index contributed by atoms with van der Waals surface area (Å²) in [4.78, 5) is 12.3. The van der Waals surface area contributed by atoms with Crippen molar-refractivity contribution in [2.75, 3.05) is 0 Å². The number of hydrogen-bond donors (Lipinski definition) is 1. The fraction of sp³-hybridized carbons (Fsp3) is 0.318. The molecule has 3 rings (SSSR count). The van der Waals surface area contributed by atoms with Crippen molar-refractivity contribution in [1.29, 1.82) is 0 Å². The largest absolute Gasteiger partial charge is 0.349 e. The van der Waals surface area contributed by atoms with E-state index in [0.29, 0.717) is 11.6 Å². The molecular formula is C22H23NO. The molecule has 0 saturated heterocycles. The predicted octanol–water partition coefficient (Wildman–Crippen LogP) is 4.39. The van der Waals surface area contributed by atoms with Crippen LogP contribution in [0.2, 0.25) is 0 Å². The van der Waals surface area contributed by atoms with Crippen LogP contribution in [0.3, 0.4) is 0 Å². The molecule has 1 aliphatic rings. The van der Waals surface area contributed by atoms with Crippen molar-refractivity contribution in [1.82, 2.24) is 5.32 Å². The minimum Gasteiger partial charge on any atom is -0.349 e. The zero-order valence-electron chi connectivity index (χ0n) is 14.1. The van der Waals surface area contributed by atoms with Gasteiger partial charge in [0.25, 0.3) is 5.91 Å². The number of hydrogen-bond acceptors (Lipinski definition) is 1. The first-order valence-electron chi connectivity index (χ1n) is 8.69. The number of rotatable bonds is 2. The number of amides is 1. The van der Waals surface area contributed by atoms with Crippen molar-refractivity contribution in [2.24, 2.45) is 5.92 Å². The van der Waals surface area contributed by atoms with Crippen LogP contribution in [0.25, 0.3) is 0 Å². The highest BCUT2D eigenvalue weighted by molar-refractivity contribution is 5.94.